The highest BCUT2D eigenvalue weighted by Crippen LogP contribution is 2.43. The molecule has 5 fully saturated rings. The number of nitrogens with zero attached hydrogens (tertiary/aromatic N) is 7. The van der Waals surface area contributed by atoms with Crippen LogP contribution in [-0.4, -0.2) is 122 Å². The second-order valence-corrected chi connectivity index (χ2v) is 17.6. The van der Waals surface area contributed by atoms with Crippen LogP contribution < -0.4 is 20.0 Å². The fraction of sp³-hybridized carbons (Fsp3) is 0.467. The number of piperazine rings is 1. The van der Waals surface area contributed by atoms with E-state index in [1.54, 1.807) is 18.2 Å². The van der Waals surface area contributed by atoms with Gasteiger partial charge in [0.25, 0.3) is 17.7 Å². The average Bonchev–Trinajstić information content (AvgIpc) is 3.78. The van der Waals surface area contributed by atoms with Crippen molar-refractivity contribution < 1.29 is 24.0 Å². The van der Waals surface area contributed by atoms with Crippen molar-refractivity contribution in [2.75, 3.05) is 86.7 Å². The van der Waals surface area contributed by atoms with E-state index >= 15 is 0 Å². The van der Waals surface area contributed by atoms with Gasteiger partial charge in [-0.3, -0.25) is 39.1 Å². The second-order valence-electron chi connectivity index (χ2n) is 17.2. The standard InChI is InChI=1S/C45H49ClN8O5/c1-47-38-8-6-34(27-37(38)46)53-20-15-45(29-53)13-18-52(19-14-45)42(57)31-3-2-4-32(25-31)51-23-21-49(22-24-51)28-30-11-16-50(17-12-30)33-5-7-35-36(26-33)44(59)54(43(35)58)39-9-10-40(55)48-41(39)56/h2-8,25-27,30,39H,9-24,28-29H2,(H,48,55,56). The lowest BCUT2D eigenvalue weighted by Crippen LogP contribution is -2.54. The maximum Gasteiger partial charge on any atom is 0.262 e. The summed E-state index contributed by atoms with van der Waals surface area (Å²) in [6, 6.07) is 18.2. The molecule has 0 aliphatic carbocycles. The van der Waals surface area contributed by atoms with E-state index in [-0.39, 0.29) is 30.1 Å². The number of hydrogen-bond donors (Lipinski definition) is 1. The molecule has 59 heavy (non-hydrogen) atoms. The molecule has 5 amide bonds. The fourth-order valence-electron chi connectivity index (χ4n) is 10.1. The van der Waals surface area contributed by atoms with E-state index in [4.69, 9.17) is 18.2 Å². The number of benzene rings is 3. The van der Waals surface area contributed by atoms with Crippen LogP contribution >= 0.6 is 11.6 Å². The van der Waals surface area contributed by atoms with E-state index in [0.29, 0.717) is 27.8 Å². The van der Waals surface area contributed by atoms with Crippen LogP contribution in [0.4, 0.5) is 22.7 Å². The SMILES string of the molecule is [C-]#[N+]c1ccc(N2CCC3(CCN(C(=O)c4cccc(N5CCN(CC6CCN(c7ccc8c(c7)C(=O)N(C7CCC(=O)NC7=O)C8=O)CC6)CC5)c4)CC3)C2)cc1Cl. The Morgan fingerprint density at radius 1 is 0.746 bits per heavy atom. The Morgan fingerprint density at radius 3 is 2.15 bits per heavy atom. The summed E-state index contributed by atoms with van der Waals surface area (Å²) < 4.78 is 0. The summed E-state index contributed by atoms with van der Waals surface area (Å²) in [5, 5.41) is 2.75. The molecule has 14 heteroatoms. The van der Waals surface area contributed by atoms with Gasteiger partial charge >= 0.3 is 0 Å². The molecule has 6 aliphatic heterocycles. The number of carbonyl (C=O) groups excluding carboxylic acids is 5. The first-order valence-corrected chi connectivity index (χ1v) is 21.3. The highest BCUT2D eigenvalue weighted by molar-refractivity contribution is 6.33. The summed E-state index contributed by atoms with van der Waals surface area (Å²) in [6.45, 7) is 17.2. The molecule has 6 aliphatic rings. The molecule has 306 valence electrons. The molecular formula is C45H49ClN8O5. The topological polar surface area (TPSA) is 121 Å². The number of hydrogen-bond acceptors (Lipinski definition) is 9. The fourth-order valence-corrected chi connectivity index (χ4v) is 10.3. The van der Waals surface area contributed by atoms with Crippen LogP contribution in [0.15, 0.2) is 60.7 Å². The van der Waals surface area contributed by atoms with Gasteiger partial charge in [0.1, 0.15) is 6.04 Å². The van der Waals surface area contributed by atoms with Crippen molar-refractivity contribution in [1.29, 1.82) is 0 Å². The van der Waals surface area contributed by atoms with Gasteiger partial charge in [-0.15, -0.1) is 0 Å². The highest BCUT2D eigenvalue weighted by Gasteiger charge is 2.45. The predicted molar refractivity (Wildman–Crippen MR) is 225 cm³/mol. The Morgan fingerprint density at radius 2 is 1.42 bits per heavy atom. The Balaban J connectivity index is 0.730. The van der Waals surface area contributed by atoms with E-state index in [1.165, 1.54) is 0 Å². The summed E-state index contributed by atoms with van der Waals surface area (Å²) >= 11 is 6.34. The maximum absolute atomic E-state index is 13.8. The van der Waals surface area contributed by atoms with E-state index < -0.39 is 23.8 Å². The zero-order valence-electron chi connectivity index (χ0n) is 33.2. The number of nitrogens with one attached hydrogen (secondary N) is 1. The third-order valence-corrected chi connectivity index (χ3v) is 14.0. The first-order valence-electron chi connectivity index (χ1n) is 21.0. The van der Waals surface area contributed by atoms with Gasteiger partial charge in [-0.05, 0) is 98.4 Å². The minimum absolute atomic E-state index is 0.0958. The Labute approximate surface area is 349 Å². The number of halogens is 1. The Kier molecular flexibility index (Phi) is 10.6. The van der Waals surface area contributed by atoms with Crippen LogP contribution in [0, 0.1) is 17.9 Å². The quantitative estimate of drug-likeness (QED) is 0.245. The first-order chi connectivity index (χ1) is 28.6. The average molecular weight is 817 g/mol. The summed E-state index contributed by atoms with van der Waals surface area (Å²) in [7, 11) is 0. The molecule has 0 radical (unpaired) electrons. The molecule has 1 atom stereocenters. The molecule has 3 aromatic rings. The van der Waals surface area contributed by atoms with Crippen LogP contribution in [0.2, 0.25) is 5.02 Å². The van der Waals surface area contributed by atoms with Crippen LogP contribution in [0.3, 0.4) is 0 Å². The zero-order chi connectivity index (χ0) is 40.8. The number of imide groups is 2. The van der Waals surface area contributed by atoms with Crippen molar-refractivity contribution in [3.63, 3.8) is 0 Å². The summed E-state index contributed by atoms with van der Waals surface area (Å²) in [5.41, 5.74) is 5.11. The summed E-state index contributed by atoms with van der Waals surface area (Å²) in [5.74, 6) is -1.28. The summed E-state index contributed by atoms with van der Waals surface area (Å²) in [6.07, 6.45) is 5.35. The molecule has 9 rings (SSSR count). The zero-order valence-corrected chi connectivity index (χ0v) is 34.0. The van der Waals surface area contributed by atoms with E-state index in [2.05, 4.69) is 41.9 Å². The van der Waals surface area contributed by atoms with Gasteiger partial charge in [-0.1, -0.05) is 23.7 Å². The largest absolute Gasteiger partial charge is 0.371 e. The maximum atomic E-state index is 13.8. The molecule has 0 saturated carbocycles. The number of carbonyl (C=O) groups is 5. The van der Waals surface area contributed by atoms with Crippen molar-refractivity contribution in [2.24, 2.45) is 11.3 Å². The molecule has 1 N–H and O–H groups in total. The van der Waals surface area contributed by atoms with Crippen LogP contribution in [-0.2, 0) is 9.59 Å². The Bertz CT molecular complexity index is 2230. The first kappa shape index (κ1) is 39.0. The number of rotatable bonds is 7. The number of anilines is 3. The van der Waals surface area contributed by atoms with E-state index in [1.807, 2.05) is 35.2 Å². The van der Waals surface area contributed by atoms with Gasteiger partial charge in [-0.2, -0.15) is 0 Å². The van der Waals surface area contributed by atoms with Gasteiger partial charge in [0.2, 0.25) is 17.5 Å². The van der Waals surface area contributed by atoms with Crippen LogP contribution in [0.25, 0.3) is 4.85 Å². The van der Waals surface area contributed by atoms with E-state index in [0.717, 1.165) is 132 Å². The molecule has 13 nitrogen and oxygen atoms in total. The third-order valence-electron chi connectivity index (χ3n) is 13.7. The van der Waals surface area contributed by atoms with Crippen LogP contribution in [0.1, 0.15) is 76.0 Å². The minimum atomic E-state index is -0.968. The van der Waals surface area contributed by atoms with Crippen molar-refractivity contribution >= 4 is 63.9 Å². The van der Waals surface area contributed by atoms with Gasteiger partial charge < -0.3 is 19.6 Å². The molecule has 0 bridgehead atoms. The lowest BCUT2D eigenvalue weighted by Gasteiger charge is -2.40. The van der Waals surface area contributed by atoms with E-state index in [9.17, 15) is 24.0 Å². The molecule has 0 aromatic heterocycles. The molecular weight excluding hydrogens is 768 g/mol. The second kappa shape index (κ2) is 16.0. The number of piperidine rings is 3. The van der Waals surface area contributed by atoms with Crippen molar-refractivity contribution in [2.45, 2.75) is 51.0 Å². The monoisotopic (exact) mass is 816 g/mol. The Hall–Kier alpha value is -5.45. The van der Waals surface area contributed by atoms with Gasteiger partial charge in [0.15, 0.2) is 0 Å². The molecule has 1 spiro atoms. The molecule has 6 heterocycles. The van der Waals surface area contributed by atoms with Crippen LogP contribution in [0.5, 0.6) is 0 Å². The summed E-state index contributed by atoms with van der Waals surface area (Å²) in [4.78, 5) is 80.5. The minimum Gasteiger partial charge on any atom is -0.371 e. The predicted octanol–water partition coefficient (Wildman–Crippen LogP) is 5.46. The molecule has 3 aromatic carbocycles. The van der Waals surface area contributed by atoms with Crippen molar-refractivity contribution in [3.05, 3.63) is 93.8 Å². The number of fused-ring (bicyclic) bond motifs is 1. The van der Waals surface area contributed by atoms with Gasteiger partial charge in [0, 0.05) is 106 Å². The smallest absolute Gasteiger partial charge is 0.262 e. The number of likely N-dealkylation sites (tertiary alicyclic amines) is 1. The van der Waals surface area contributed by atoms with Gasteiger partial charge in [-0.25, -0.2) is 4.85 Å². The van der Waals surface area contributed by atoms with Gasteiger partial charge in [0.05, 0.1) is 17.7 Å². The number of amides is 5. The lowest BCUT2D eigenvalue weighted by molar-refractivity contribution is -0.136. The molecule has 1 unspecified atom stereocenters. The normalized spacial score (nSPS) is 22.6. The molecule has 5 saturated heterocycles. The lowest BCUT2D eigenvalue weighted by atomic mass is 9.77. The third kappa shape index (κ3) is 7.64. The highest BCUT2D eigenvalue weighted by atomic mass is 35.5. The van der Waals surface area contributed by atoms with Crippen molar-refractivity contribution in [3.8, 4) is 0 Å². The van der Waals surface area contributed by atoms with Crippen molar-refractivity contribution in [1.82, 2.24) is 20.0 Å².